The molecular weight excluding hydrogens is 262 g/mol. The Morgan fingerprint density at radius 2 is 2.14 bits per heavy atom. The zero-order chi connectivity index (χ0) is 15.1. The van der Waals surface area contributed by atoms with Crippen LogP contribution < -0.4 is 10.1 Å². The van der Waals surface area contributed by atoms with Crippen molar-refractivity contribution in [3.05, 3.63) is 29.3 Å². The number of ether oxygens (including phenoxy) is 1. The van der Waals surface area contributed by atoms with Gasteiger partial charge in [0, 0.05) is 18.2 Å². The number of nitrogens with zero attached hydrogens (tertiary/aromatic N) is 2. The Bertz CT molecular complexity index is 487. The van der Waals surface area contributed by atoms with Gasteiger partial charge in [-0.3, -0.25) is 0 Å². The summed E-state index contributed by atoms with van der Waals surface area (Å²) in [4.78, 5) is 2.54. The zero-order valence-corrected chi connectivity index (χ0v) is 13.1. The lowest BCUT2D eigenvalue weighted by Gasteiger charge is -2.32. The SMILES string of the molecule is CCCN1CCC(NCc2cc(C#N)ccc2OC)CC1. The summed E-state index contributed by atoms with van der Waals surface area (Å²) in [6, 6.07) is 8.34. The van der Waals surface area contributed by atoms with E-state index in [-0.39, 0.29) is 0 Å². The summed E-state index contributed by atoms with van der Waals surface area (Å²) in [7, 11) is 1.67. The minimum atomic E-state index is 0.563. The molecule has 0 aliphatic carbocycles. The molecule has 0 unspecified atom stereocenters. The summed E-state index contributed by atoms with van der Waals surface area (Å²) in [5.41, 5.74) is 1.75. The van der Waals surface area contributed by atoms with Crippen molar-refractivity contribution in [1.82, 2.24) is 10.2 Å². The van der Waals surface area contributed by atoms with E-state index in [1.807, 2.05) is 12.1 Å². The fourth-order valence-electron chi connectivity index (χ4n) is 2.92. The maximum Gasteiger partial charge on any atom is 0.123 e. The molecule has 4 heteroatoms. The van der Waals surface area contributed by atoms with E-state index in [0.717, 1.165) is 17.9 Å². The highest BCUT2D eigenvalue weighted by Crippen LogP contribution is 2.20. The van der Waals surface area contributed by atoms with Gasteiger partial charge in [0.25, 0.3) is 0 Å². The summed E-state index contributed by atoms with van der Waals surface area (Å²) >= 11 is 0. The maximum atomic E-state index is 9.01. The monoisotopic (exact) mass is 287 g/mol. The first kappa shape index (κ1) is 15.8. The molecule has 1 fully saturated rings. The number of hydrogen-bond donors (Lipinski definition) is 1. The van der Waals surface area contributed by atoms with Gasteiger partial charge < -0.3 is 15.0 Å². The second-order valence-corrected chi connectivity index (χ2v) is 5.64. The largest absolute Gasteiger partial charge is 0.496 e. The molecule has 1 aliphatic rings. The van der Waals surface area contributed by atoms with Crippen molar-refractivity contribution < 1.29 is 4.74 Å². The number of likely N-dealkylation sites (tertiary alicyclic amines) is 1. The highest BCUT2D eigenvalue weighted by Gasteiger charge is 2.18. The highest BCUT2D eigenvalue weighted by atomic mass is 16.5. The number of nitrogens with one attached hydrogen (secondary N) is 1. The second-order valence-electron chi connectivity index (χ2n) is 5.64. The third-order valence-electron chi connectivity index (χ3n) is 4.12. The smallest absolute Gasteiger partial charge is 0.123 e. The molecule has 2 rings (SSSR count). The Balaban J connectivity index is 1.87. The normalized spacial score (nSPS) is 16.6. The summed E-state index contributed by atoms with van der Waals surface area (Å²) in [5, 5.41) is 12.6. The molecule has 1 aromatic carbocycles. The van der Waals surface area contributed by atoms with Crippen LogP contribution in [0, 0.1) is 11.3 Å². The molecule has 21 heavy (non-hydrogen) atoms. The van der Waals surface area contributed by atoms with Crippen LogP contribution in [0.4, 0.5) is 0 Å². The van der Waals surface area contributed by atoms with E-state index < -0.39 is 0 Å². The van der Waals surface area contributed by atoms with E-state index in [0.29, 0.717) is 11.6 Å². The van der Waals surface area contributed by atoms with Crippen molar-refractivity contribution >= 4 is 0 Å². The van der Waals surface area contributed by atoms with E-state index in [1.165, 1.54) is 38.9 Å². The number of nitriles is 1. The van der Waals surface area contributed by atoms with Gasteiger partial charge in [-0.25, -0.2) is 0 Å². The molecule has 0 atom stereocenters. The molecule has 0 radical (unpaired) electrons. The molecule has 1 N–H and O–H groups in total. The van der Waals surface area contributed by atoms with E-state index >= 15 is 0 Å². The molecule has 1 heterocycles. The molecule has 1 saturated heterocycles. The van der Waals surface area contributed by atoms with Gasteiger partial charge in [0.15, 0.2) is 0 Å². The quantitative estimate of drug-likeness (QED) is 0.873. The molecule has 0 aromatic heterocycles. The fraction of sp³-hybridized carbons (Fsp3) is 0.588. The molecule has 0 spiro atoms. The predicted molar refractivity (Wildman–Crippen MR) is 84.3 cm³/mol. The first-order chi connectivity index (χ1) is 10.3. The zero-order valence-electron chi connectivity index (χ0n) is 13.1. The van der Waals surface area contributed by atoms with Gasteiger partial charge in [-0.15, -0.1) is 0 Å². The Morgan fingerprint density at radius 3 is 2.76 bits per heavy atom. The topological polar surface area (TPSA) is 48.3 Å². The lowest BCUT2D eigenvalue weighted by molar-refractivity contribution is 0.197. The lowest BCUT2D eigenvalue weighted by atomic mass is 10.0. The van der Waals surface area contributed by atoms with Crippen LogP contribution in [0.2, 0.25) is 0 Å². The average Bonchev–Trinajstić information content (AvgIpc) is 2.54. The molecule has 1 aromatic rings. The van der Waals surface area contributed by atoms with E-state index in [9.17, 15) is 0 Å². The van der Waals surface area contributed by atoms with Crippen molar-refractivity contribution in [2.75, 3.05) is 26.7 Å². The summed E-state index contributed by atoms with van der Waals surface area (Å²) in [6.45, 7) is 6.57. The highest BCUT2D eigenvalue weighted by molar-refractivity contribution is 5.42. The molecule has 0 bridgehead atoms. The molecular formula is C17H25N3O. The van der Waals surface area contributed by atoms with Crippen molar-refractivity contribution in [1.29, 1.82) is 5.26 Å². The van der Waals surface area contributed by atoms with Crippen LogP contribution in [0.3, 0.4) is 0 Å². The first-order valence-electron chi connectivity index (χ1n) is 7.79. The number of rotatable bonds is 6. The van der Waals surface area contributed by atoms with Crippen molar-refractivity contribution in [2.45, 2.75) is 38.8 Å². The first-order valence-corrected chi connectivity index (χ1v) is 7.79. The number of methoxy groups -OCH3 is 1. The predicted octanol–water partition coefficient (Wildman–Crippen LogP) is 2.53. The molecule has 0 saturated carbocycles. The minimum absolute atomic E-state index is 0.563. The Labute approximate surface area is 127 Å². The third kappa shape index (κ3) is 4.45. The van der Waals surface area contributed by atoms with Crippen molar-refractivity contribution in [2.24, 2.45) is 0 Å². The molecule has 4 nitrogen and oxygen atoms in total. The van der Waals surface area contributed by atoms with Gasteiger partial charge >= 0.3 is 0 Å². The maximum absolute atomic E-state index is 9.01. The van der Waals surface area contributed by atoms with Gasteiger partial charge in [0.05, 0.1) is 18.7 Å². The van der Waals surface area contributed by atoms with Crippen LogP contribution in [0.25, 0.3) is 0 Å². The number of piperidine rings is 1. The Hall–Kier alpha value is -1.57. The van der Waals surface area contributed by atoms with Crippen molar-refractivity contribution in [3.63, 3.8) is 0 Å². The van der Waals surface area contributed by atoms with E-state index in [4.69, 9.17) is 10.00 Å². The number of benzene rings is 1. The minimum Gasteiger partial charge on any atom is -0.496 e. The van der Waals surface area contributed by atoms with Gasteiger partial charge in [-0.2, -0.15) is 5.26 Å². The Morgan fingerprint density at radius 1 is 1.38 bits per heavy atom. The van der Waals surface area contributed by atoms with Gasteiger partial charge in [0.2, 0.25) is 0 Å². The lowest BCUT2D eigenvalue weighted by Crippen LogP contribution is -2.42. The molecule has 114 valence electrons. The summed E-state index contributed by atoms with van der Waals surface area (Å²) in [5.74, 6) is 0.852. The van der Waals surface area contributed by atoms with Crippen molar-refractivity contribution in [3.8, 4) is 11.8 Å². The Kier molecular flexibility index (Phi) is 6.04. The average molecular weight is 287 g/mol. The van der Waals surface area contributed by atoms with Gasteiger partial charge in [0.1, 0.15) is 5.75 Å². The molecule has 0 amide bonds. The van der Waals surface area contributed by atoms with Crippen LogP contribution in [0.5, 0.6) is 5.75 Å². The van der Waals surface area contributed by atoms with Crippen LogP contribution >= 0.6 is 0 Å². The summed E-state index contributed by atoms with van der Waals surface area (Å²) in [6.07, 6.45) is 3.62. The van der Waals surface area contributed by atoms with Crippen LogP contribution in [-0.2, 0) is 6.54 Å². The van der Waals surface area contributed by atoms with Crippen LogP contribution in [-0.4, -0.2) is 37.7 Å². The van der Waals surface area contributed by atoms with Gasteiger partial charge in [-0.05, 0) is 57.1 Å². The van der Waals surface area contributed by atoms with Crippen LogP contribution in [0.15, 0.2) is 18.2 Å². The fourth-order valence-corrected chi connectivity index (χ4v) is 2.92. The number of hydrogen-bond acceptors (Lipinski definition) is 4. The summed E-state index contributed by atoms with van der Waals surface area (Å²) < 4.78 is 5.38. The third-order valence-corrected chi connectivity index (χ3v) is 4.12. The second kappa shape index (κ2) is 8.02. The molecule has 1 aliphatic heterocycles. The van der Waals surface area contributed by atoms with Gasteiger partial charge in [-0.1, -0.05) is 6.92 Å². The van der Waals surface area contributed by atoms with E-state index in [1.54, 1.807) is 13.2 Å². The standard InChI is InChI=1S/C17H25N3O/c1-3-8-20-9-6-16(7-10-20)19-13-15-11-14(12-18)4-5-17(15)21-2/h4-5,11,16,19H,3,6-10,13H2,1-2H3. The van der Waals surface area contributed by atoms with Crippen LogP contribution in [0.1, 0.15) is 37.3 Å². The van der Waals surface area contributed by atoms with E-state index in [2.05, 4.69) is 23.2 Å².